The summed E-state index contributed by atoms with van der Waals surface area (Å²) in [4.78, 5) is 15.6. The minimum atomic E-state index is 0.594. The van der Waals surface area contributed by atoms with Crippen molar-refractivity contribution in [3.05, 3.63) is 224 Å². The lowest BCUT2D eigenvalue weighted by molar-refractivity contribution is 0.631. The van der Waals surface area contributed by atoms with Crippen molar-refractivity contribution in [3.8, 4) is 78.9 Å². The van der Waals surface area contributed by atoms with Crippen molar-refractivity contribution in [1.29, 1.82) is 0 Å². The van der Waals surface area contributed by atoms with Gasteiger partial charge in [0.2, 0.25) is 0 Å². The SMILES string of the molecule is c1ccc(-c2ccccc2-c2nc(-c3ccc(-c4cc5ccccc5o4)cc3)nc(-c3cccc(-c4cccc(-c5c6ccccc6cc6c5ccc5ccccc56)c4)c3)n2)cc1. The molecule has 0 fully saturated rings. The van der Waals surface area contributed by atoms with Gasteiger partial charge < -0.3 is 4.42 Å². The molecule has 0 saturated carbocycles. The third-order valence-corrected chi connectivity index (χ3v) is 12.1. The Hall–Kier alpha value is -8.47. The lowest BCUT2D eigenvalue weighted by Gasteiger charge is -2.15. The Labute approximate surface area is 364 Å². The molecule has 0 aliphatic heterocycles. The number of para-hydroxylation sites is 1. The molecular weight excluding hydrogens is 767 g/mol. The van der Waals surface area contributed by atoms with E-state index in [0.717, 1.165) is 61.2 Å². The number of aromatic nitrogens is 3. The van der Waals surface area contributed by atoms with Crippen LogP contribution < -0.4 is 0 Å². The maximum absolute atomic E-state index is 6.20. The summed E-state index contributed by atoms with van der Waals surface area (Å²) < 4.78 is 6.20. The van der Waals surface area contributed by atoms with Crippen LogP contribution in [-0.2, 0) is 0 Å². The molecule has 10 aromatic carbocycles. The zero-order chi connectivity index (χ0) is 41.7. The molecule has 12 rings (SSSR count). The normalized spacial score (nSPS) is 11.5. The van der Waals surface area contributed by atoms with Crippen LogP contribution in [0.15, 0.2) is 229 Å². The summed E-state index contributed by atoms with van der Waals surface area (Å²) in [7, 11) is 0. The van der Waals surface area contributed by atoms with Crippen LogP contribution in [0.3, 0.4) is 0 Å². The van der Waals surface area contributed by atoms with Gasteiger partial charge in [0.15, 0.2) is 17.5 Å². The molecule has 0 unspecified atom stereocenters. The van der Waals surface area contributed by atoms with Gasteiger partial charge >= 0.3 is 0 Å². The summed E-state index contributed by atoms with van der Waals surface area (Å²) in [5.41, 5.74) is 11.3. The quantitative estimate of drug-likeness (QED) is 0.119. The first-order valence-electron chi connectivity index (χ1n) is 21.2. The molecule has 0 atom stereocenters. The fraction of sp³-hybridized carbons (Fsp3) is 0. The second-order valence-electron chi connectivity index (χ2n) is 16.0. The van der Waals surface area contributed by atoms with Crippen molar-refractivity contribution < 1.29 is 4.42 Å². The third kappa shape index (κ3) is 6.62. The van der Waals surface area contributed by atoms with Gasteiger partial charge in [-0.05, 0) is 96.0 Å². The van der Waals surface area contributed by atoms with Gasteiger partial charge in [0.05, 0.1) is 0 Å². The highest BCUT2D eigenvalue weighted by Gasteiger charge is 2.18. The molecule has 4 nitrogen and oxygen atoms in total. The molecule has 0 bridgehead atoms. The smallest absolute Gasteiger partial charge is 0.164 e. The second kappa shape index (κ2) is 15.2. The number of rotatable bonds is 7. The molecule has 294 valence electrons. The van der Waals surface area contributed by atoms with Crippen molar-refractivity contribution in [3.63, 3.8) is 0 Å². The van der Waals surface area contributed by atoms with Crippen molar-refractivity contribution in [2.45, 2.75) is 0 Å². The van der Waals surface area contributed by atoms with Gasteiger partial charge in [0, 0.05) is 27.6 Å². The molecule has 0 N–H and O–H groups in total. The summed E-state index contributed by atoms with van der Waals surface area (Å²) in [5.74, 6) is 2.62. The fourth-order valence-electron chi connectivity index (χ4n) is 9.03. The second-order valence-corrected chi connectivity index (χ2v) is 16.0. The Morgan fingerprint density at radius 3 is 1.63 bits per heavy atom. The molecule has 12 aromatic rings. The molecule has 0 amide bonds. The van der Waals surface area contributed by atoms with Gasteiger partial charge in [-0.1, -0.05) is 194 Å². The maximum Gasteiger partial charge on any atom is 0.164 e. The van der Waals surface area contributed by atoms with Crippen molar-refractivity contribution in [2.75, 3.05) is 0 Å². The molecule has 63 heavy (non-hydrogen) atoms. The van der Waals surface area contributed by atoms with E-state index in [-0.39, 0.29) is 0 Å². The summed E-state index contributed by atoms with van der Waals surface area (Å²) in [6.45, 7) is 0. The van der Waals surface area contributed by atoms with Gasteiger partial charge in [0.1, 0.15) is 11.3 Å². The highest BCUT2D eigenvalue weighted by molar-refractivity contribution is 6.20. The Balaban J connectivity index is 0.982. The standard InChI is InChI=1S/C59H37N3O/c1-2-14-38(15-3-1)48-23-9-10-26-52(48)59-61-57(41-30-28-40(29-31-41)55-37-45-18-6-11-27-54(45)63-55)60-58(62-59)47-22-13-20-43(35-47)42-19-12-21-46(34-42)56-50-25-8-5-17-44(50)36-53-49-24-7-4-16-39(49)32-33-51(53)56/h1-37H. The van der Waals surface area contributed by atoms with E-state index in [0.29, 0.717) is 17.5 Å². The van der Waals surface area contributed by atoms with E-state index < -0.39 is 0 Å². The summed E-state index contributed by atoms with van der Waals surface area (Å²) in [6.07, 6.45) is 0. The Bertz CT molecular complexity index is 3650. The topological polar surface area (TPSA) is 51.8 Å². The van der Waals surface area contributed by atoms with Crippen molar-refractivity contribution in [1.82, 2.24) is 15.0 Å². The molecule has 4 heteroatoms. The minimum Gasteiger partial charge on any atom is -0.456 e. The van der Waals surface area contributed by atoms with Crippen LogP contribution >= 0.6 is 0 Å². The van der Waals surface area contributed by atoms with Crippen LogP contribution in [0.2, 0.25) is 0 Å². The molecule has 0 spiro atoms. The molecule has 0 saturated heterocycles. The number of fused-ring (bicyclic) bond motifs is 5. The number of hydrogen-bond acceptors (Lipinski definition) is 4. The van der Waals surface area contributed by atoms with E-state index in [9.17, 15) is 0 Å². The fourth-order valence-corrected chi connectivity index (χ4v) is 9.03. The van der Waals surface area contributed by atoms with E-state index in [2.05, 4.69) is 194 Å². The first-order valence-corrected chi connectivity index (χ1v) is 21.2. The van der Waals surface area contributed by atoms with Crippen molar-refractivity contribution >= 4 is 43.3 Å². The molecule has 2 heterocycles. The molecule has 0 aliphatic rings. The van der Waals surface area contributed by atoms with Gasteiger partial charge in [-0.2, -0.15) is 0 Å². The molecular formula is C59H37N3O. The molecule has 0 aliphatic carbocycles. The summed E-state index contributed by atoms with van der Waals surface area (Å²) in [6, 6.07) is 78.9. The van der Waals surface area contributed by atoms with Crippen LogP contribution in [0, 0.1) is 0 Å². The van der Waals surface area contributed by atoms with E-state index >= 15 is 0 Å². The number of furan rings is 1. The zero-order valence-electron chi connectivity index (χ0n) is 34.1. The van der Waals surface area contributed by atoms with Crippen molar-refractivity contribution in [2.24, 2.45) is 0 Å². The van der Waals surface area contributed by atoms with E-state index in [4.69, 9.17) is 19.4 Å². The first-order chi connectivity index (χ1) is 31.2. The van der Waals surface area contributed by atoms with Gasteiger partial charge in [0.25, 0.3) is 0 Å². The van der Waals surface area contributed by atoms with Gasteiger partial charge in [-0.3, -0.25) is 0 Å². The molecule has 2 aromatic heterocycles. The Morgan fingerprint density at radius 2 is 0.841 bits per heavy atom. The lowest BCUT2D eigenvalue weighted by atomic mass is 9.89. The van der Waals surface area contributed by atoms with Crippen LogP contribution in [0.1, 0.15) is 0 Å². The lowest BCUT2D eigenvalue weighted by Crippen LogP contribution is -2.01. The predicted octanol–water partition coefficient (Wildman–Crippen LogP) is 15.7. The van der Waals surface area contributed by atoms with Crippen LogP contribution in [-0.4, -0.2) is 15.0 Å². The van der Waals surface area contributed by atoms with Crippen LogP contribution in [0.25, 0.3) is 122 Å². The Kier molecular flexibility index (Phi) is 8.79. The number of hydrogen-bond donors (Lipinski definition) is 0. The Morgan fingerprint density at radius 1 is 0.270 bits per heavy atom. The predicted molar refractivity (Wildman–Crippen MR) is 260 cm³/mol. The van der Waals surface area contributed by atoms with E-state index in [1.54, 1.807) is 0 Å². The van der Waals surface area contributed by atoms with Gasteiger partial charge in [-0.15, -0.1) is 0 Å². The zero-order valence-corrected chi connectivity index (χ0v) is 34.1. The van der Waals surface area contributed by atoms with Gasteiger partial charge in [-0.25, -0.2) is 15.0 Å². The first kappa shape index (κ1) is 36.4. The van der Waals surface area contributed by atoms with Crippen LogP contribution in [0.5, 0.6) is 0 Å². The van der Waals surface area contributed by atoms with E-state index in [1.165, 1.54) is 43.4 Å². The maximum atomic E-state index is 6.20. The molecule has 0 radical (unpaired) electrons. The highest BCUT2D eigenvalue weighted by Crippen LogP contribution is 2.41. The minimum absolute atomic E-state index is 0.594. The number of benzene rings is 10. The van der Waals surface area contributed by atoms with E-state index in [1.807, 2.05) is 30.3 Å². The monoisotopic (exact) mass is 803 g/mol. The summed E-state index contributed by atoms with van der Waals surface area (Å²) >= 11 is 0. The van der Waals surface area contributed by atoms with Crippen LogP contribution in [0.4, 0.5) is 0 Å². The largest absolute Gasteiger partial charge is 0.456 e. The highest BCUT2D eigenvalue weighted by atomic mass is 16.3. The average Bonchev–Trinajstić information content (AvgIpc) is 3.81. The average molecular weight is 804 g/mol. The number of nitrogens with zero attached hydrogens (tertiary/aromatic N) is 3. The summed E-state index contributed by atoms with van der Waals surface area (Å²) in [5, 5.41) is 8.53. The third-order valence-electron chi connectivity index (χ3n) is 12.1.